The lowest BCUT2D eigenvalue weighted by atomic mass is 10.2. The number of aryl methyl sites for hydroxylation is 1. The average Bonchev–Trinajstić information content (AvgIpc) is 3.33. The summed E-state index contributed by atoms with van der Waals surface area (Å²) in [7, 11) is 0. The Morgan fingerprint density at radius 3 is 2.52 bits per heavy atom. The van der Waals surface area contributed by atoms with Crippen molar-refractivity contribution in [2.24, 2.45) is 0 Å². The Morgan fingerprint density at radius 1 is 1.08 bits per heavy atom. The molecule has 0 atom stereocenters. The van der Waals surface area contributed by atoms with Crippen molar-refractivity contribution in [2.75, 3.05) is 6.61 Å². The standard InChI is InChI=1S/C18H22N2O3S2/c1-12-6-8-16(24-12)18(22)20-23-11-10-14-7-9-15(25-14)17(21)19-13-4-2-3-5-13/h6-9,13H,2-5,10-11H2,1H3,(H,19,21)(H,20,22). The molecule has 1 aliphatic carbocycles. The van der Waals surface area contributed by atoms with Crippen LogP contribution in [0.5, 0.6) is 0 Å². The van der Waals surface area contributed by atoms with Gasteiger partial charge in [0.1, 0.15) is 0 Å². The summed E-state index contributed by atoms with van der Waals surface area (Å²) in [6, 6.07) is 7.83. The van der Waals surface area contributed by atoms with E-state index in [9.17, 15) is 9.59 Å². The lowest BCUT2D eigenvalue weighted by molar-refractivity contribution is 0.0329. The SMILES string of the molecule is Cc1ccc(C(=O)NOCCc2ccc(C(=O)NC3CCCC3)s2)s1. The second kappa shape index (κ2) is 8.60. The molecule has 0 aromatic carbocycles. The molecule has 25 heavy (non-hydrogen) atoms. The van der Waals surface area contributed by atoms with E-state index in [1.165, 1.54) is 35.5 Å². The van der Waals surface area contributed by atoms with Gasteiger partial charge in [-0.1, -0.05) is 12.8 Å². The van der Waals surface area contributed by atoms with Crippen molar-refractivity contribution in [2.45, 2.75) is 45.1 Å². The van der Waals surface area contributed by atoms with Gasteiger partial charge in [-0.05, 0) is 44.0 Å². The number of nitrogens with one attached hydrogen (secondary N) is 2. The highest BCUT2D eigenvalue weighted by Gasteiger charge is 2.18. The van der Waals surface area contributed by atoms with E-state index in [0.29, 0.717) is 23.9 Å². The van der Waals surface area contributed by atoms with Gasteiger partial charge < -0.3 is 5.32 Å². The quantitative estimate of drug-likeness (QED) is 0.570. The summed E-state index contributed by atoms with van der Waals surface area (Å²) in [4.78, 5) is 32.8. The van der Waals surface area contributed by atoms with Gasteiger partial charge in [0.25, 0.3) is 11.8 Å². The topological polar surface area (TPSA) is 67.4 Å². The molecule has 2 amide bonds. The highest BCUT2D eigenvalue weighted by atomic mass is 32.1. The molecule has 1 aliphatic rings. The fourth-order valence-electron chi connectivity index (χ4n) is 2.84. The summed E-state index contributed by atoms with van der Waals surface area (Å²) in [5, 5.41) is 3.10. The largest absolute Gasteiger partial charge is 0.349 e. The lowest BCUT2D eigenvalue weighted by Crippen LogP contribution is -2.31. The summed E-state index contributed by atoms with van der Waals surface area (Å²) < 4.78 is 0. The van der Waals surface area contributed by atoms with Crippen LogP contribution in [-0.2, 0) is 11.3 Å². The molecule has 7 heteroatoms. The summed E-state index contributed by atoms with van der Waals surface area (Å²) in [5.41, 5.74) is 2.46. The summed E-state index contributed by atoms with van der Waals surface area (Å²) in [6.45, 7) is 2.33. The minimum Gasteiger partial charge on any atom is -0.349 e. The van der Waals surface area contributed by atoms with Crippen LogP contribution in [0.2, 0.25) is 0 Å². The van der Waals surface area contributed by atoms with Gasteiger partial charge in [0.15, 0.2) is 0 Å². The first-order valence-electron chi connectivity index (χ1n) is 8.50. The first-order chi connectivity index (χ1) is 12.1. The molecule has 1 saturated carbocycles. The molecule has 134 valence electrons. The van der Waals surface area contributed by atoms with Crippen molar-refractivity contribution in [1.29, 1.82) is 0 Å². The summed E-state index contributed by atoms with van der Waals surface area (Å²) in [5.74, 6) is -0.202. The Balaban J connectivity index is 1.39. The van der Waals surface area contributed by atoms with E-state index in [-0.39, 0.29) is 11.8 Å². The van der Waals surface area contributed by atoms with Crippen LogP contribution >= 0.6 is 22.7 Å². The van der Waals surface area contributed by atoms with E-state index in [1.54, 1.807) is 6.07 Å². The third kappa shape index (κ3) is 5.14. The second-order valence-electron chi connectivity index (χ2n) is 6.16. The third-order valence-corrected chi connectivity index (χ3v) is 6.30. The Hall–Kier alpha value is -1.70. The summed E-state index contributed by atoms with van der Waals surface area (Å²) in [6.07, 6.45) is 5.23. The number of hydrogen-bond acceptors (Lipinski definition) is 5. The predicted molar refractivity (Wildman–Crippen MR) is 100 cm³/mol. The minimum absolute atomic E-state index is 0.0189. The fraction of sp³-hybridized carbons (Fsp3) is 0.444. The monoisotopic (exact) mass is 378 g/mol. The number of thiophene rings is 2. The third-order valence-electron chi connectivity index (χ3n) is 4.16. The van der Waals surface area contributed by atoms with Gasteiger partial charge in [-0.2, -0.15) is 0 Å². The molecule has 2 aromatic heterocycles. The molecule has 0 spiro atoms. The van der Waals surface area contributed by atoms with Gasteiger partial charge in [0.05, 0.1) is 16.4 Å². The molecule has 0 radical (unpaired) electrons. The lowest BCUT2D eigenvalue weighted by Gasteiger charge is -2.10. The molecule has 5 nitrogen and oxygen atoms in total. The smallest absolute Gasteiger partial charge is 0.284 e. The first kappa shape index (κ1) is 18.1. The van der Waals surface area contributed by atoms with Crippen LogP contribution < -0.4 is 10.8 Å². The van der Waals surface area contributed by atoms with Crippen molar-refractivity contribution in [3.05, 3.63) is 43.8 Å². The zero-order chi connectivity index (χ0) is 17.6. The highest BCUT2D eigenvalue weighted by Crippen LogP contribution is 2.21. The first-order valence-corrected chi connectivity index (χ1v) is 10.1. The van der Waals surface area contributed by atoms with Crippen LogP contribution in [0.4, 0.5) is 0 Å². The van der Waals surface area contributed by atoms with Crippen molar-refractivity contribution in [3.63, 3.8) is 0 Å². The fourth-order valence-corrected chi connectivity index (χ4v) is 4.48. The van der Waals surface area contributed by atoms with E-state index < -0.39 is 0 Å². The molecular formula is C18H22N2O3S2. The van der Waals surface area contributed by atoms with Crippen LogP contribution in [0.25, 0.3) is 0 Å². The number of carbonyl (C=O) groups is 2. The van der Waals surface area contributed by atoms with Gasteiger partial charge in [-0.25, -0.2) is 5.48 Å². The molecule has 3 rings (SSSR count). The maximum absolute atomic E-state index is 12.2. The molecule has 2 heterocycles. The van der Waals surface area contributed by atoms with Gasteiger partial charge in [0, 0.05) is 22.2 Å². The zero-order valence-corrected chi connectivity index (χ0v) is 15.8. The number of carbonyl (C=O) groups excluding carboxylic acids is 2. The van der Waals surface area contributed by atoms with Crippen molar-refractivity contribution >= 4 is 34.5 Å². The van der Waals surface area contributed by atoms with E-state index in [4.69, 9.17) is 4.84 Å². The van der Waals surface area contributed by atoms with Crippen LogP contribution in [0.1, 0.15) is 54.8 Å². The summed E-state index contributed by atoms with van der Waals surface area (Å²) >= 11 is 2.92. The molecular weight excluding hydrogens is 356 g/mol. The number of hydrogen-bond donors (Lipinski definition) is 2. The Kier molecular flexibility index (Phi) is 6.23. The molecule has 0 bridgehead atoms. The molecule has 0 saturated heterocycles. The van der Waals surface area contributed by atoms with Crippen molar-refractivity contribution in [3.8, 4) is 0 Å². The van der Waals surface area contributed by atoms with Crippen LogP contribution in [-0.4, -0.2) is 24.5 Å². The average molecular weight is 379 g/mol. The van der Waals surface area contributed by atoms with Gasteiger partial charge >= 0.3 is 0 Å². The molecule has 2 N–H and O–H groups in total. The van der Waals surface area contributed by atoms with E-state index in [2.05, 4.69) is 10.8 Å². The van der Waals surface area contributed by atoms with Crippen LogP contribution in [0.3, 0.4) is 0 Å². The van der Waals surface area contributed by atoms with E-state index >= 15 is 0 Å². The van der Waals surface area contributed by atoms with Gasteiger partial charge in [0.2, 0.25) is 0 Å². The Labute approximate surface area is 155 Å². The Morgan fingerprint density at radius 2 is 1.80 bits per heavy atom. The van der Waals surface area contributed by atoms with Gasteiger partial charge in [-0.3, -0.25) is 14.4 Å². The van der Waals surface area contributed by atoms with Gasteiger partial charge in [-0.15, -0.1) is 22.7 Å². The van der Waals surface area contributed by atoms with Crippen molar-refractivity contribution < 1.29 is 14.4 Å². The molecule has 0 aliphatic heterocycles. The molecule has 0 unspecified atom stereocenters. The number of amides is 2. The second-order valence-corrected chi connectivity index (χ2v) is 8.62. The maximum atomic E-state index is 12.2. The van der Waals surface area contributed by atoms with Crippen LogP contribution in [0, 0.1) is 6.92 Å². The molecule has 1 fully saturated rings. The van der Waals surface area contributed by atoms with Crippen LogP contribution in [0.15, 0.2) is 24.3 Å². The molecule has 2 aromatic rings. The normalized spacial score (nSPS) is 14.6. The maximum Gasteiger partial charge on any atom is 0.284 e. The Bertz CT molecular complexity index is 732. The minimum atomic E-state index is -0.221. The van der Waals surface area contributed by atoms with E-state index in [0.717, 1.165) is 27.5 Å². The number of rotatable bonds is 7. The predicted octanol–water partition coefficient (Wildman–Crippen LogP) is 3.69. The zero-order valence-electron chi connectivity index (χ0n) is 14.2. The highest BCUT2D eigenvalue weighted by molar-refractivity contribution is 7.14. The van der Waals surface area contributed by atoms with E-state index in [1.807, 2.05) is 25.1 Å². The number of hydroxylamine groups is 1. The van der Waals surface area contributed by atoms with Crippen molar-refractivity contribution in [1.82, 2.24) is 10.8 Å².